The lowest BCUT2D eigenvalue weighted by atomic mass is 10.0. The second-order valence-corrected chi connectivity index (χ2v) is 5.33. The van der Waals surface area contributed by atoms with E-state index >= 15 is 0 Å². The van der Waals surface area contributed by atoms with Crippen LogP contribution in [0.3, 0.4) is 0 Å². The van der Waals surface area contributed by atoms with E-state index in [1.54, 1.807) is 7.11 Å². The van der Waals surface area contributed by atoms with Gasteiger partial charge in [-0.3, -0.25) is 0 Å². The van der Waals surface area contributed by atoms with Gasteiger partial charge in [-0.1, -0.05) is 29.3 Å². The van der Waals surface area contributed by atoms with Gasteiger partial charge < -0.3 is 10.1 Å². The minimum absolute atomic E-state index is 0.280. The van der Waals surface area contributed by atoms with Crippen LogP contribution in [0.4, 0.5) is 0 Å². The minimum atomic E-state index is 0.280. The fourth-order valence-corrected chi connectivity index (χ4v) is 2.43. The largest absolute Gasteiger partial charge is 0.382 e. The van der Waals surface area contributed by atoms with Crippen molar-refractivity contribution in [2.75, 3.05) is 14.2 Å². The number of rotatable bonds is 7. The normalized spacial score (nSPS) is 14.5. The van der Waals surface area contributed by atoms with Crippen LogP contribution >= 0.6 is 23.2 Å². The molecular weight excluding hydrogens is 269 g/mol. The van der Waals surface area contributed by atoms with Crippen LogP contribution in [0.5, 0.6) is 0 Å². The molecule has 2 nitrogen and oxygen atoms in total. The van der Waals surface area contributed by atoms with Crippen molar-refractivity contribution in [3.63, 3.8) is 0 Å². The molecule has 0 radical (unpaired) electrons. The predicted molar refractivity (Wildman–Crippen MR) is 78.7 cm³/mol. The first-order valence-electron chi connectivity index (χ1n) is 6.21. The zero-order valence-electron chi connectivity index (χ0n) is 11.2. The van der Waals surface area contributed by atoms with Gasteiger partial charge in [-0.25, -0.2) is 0 Å². The van der Waals surface area contributed by atoms with Gasteiger partial charge in [0.05, 0.1) is 6.10 Å². The van der Waals surface area contributed by atoms with Crippen molar-refractivity contribution >= 4 is 23.2 Å². The molecule has 1 aromatic rings. The van der Waals surface area contributed by atoms with E-state index in [1.165, 1.54) is 0 Å². The zero-order chi connectivity index (χ0) is 13.5. The molecule has 0 bridgehead atoms. The lowest BCUT2D eigenvalue weighted by Crippen LogP contribution is -2.29. The van der Waals surface area contributed by atoms with E-state index in [9.17, 15) is 0 Å². The molecule has 1 N–H and O–H groups in total. The Morgan fingerprint density at radius 3 is 2.33 bits per heavy atom. The molecule has 0 fully saturated rings. The van der Waals surface area contributed by atoms with Gasteiger partial charge in [0.15, 0.2) is 0 Å². The van der Waals surface area contributed by atoms with E-state index in [2.05, 4.69) is 12.2 Å². The van der Waals surface area contributed by atoms with Crippen molar-refractivity contribution in [2.24, 2.45) is 0 Å². The number of halogens is 2. The molecule has 0 spiro atoms. The van der Waals surface area contributed by atoms with E-state index in [-0.39, 0.29) is 6.10 Å². The summed E-state index contributed by atoms with van der Waals surface area (Å²) in [5, 5.41) is 4.79. The molecule has 0 aromatic heterocycles. The predicted octanol–water partition coefficient (Wildman–Crippen LogP) is 3.94. The molecule has 2 unspecified atom stereocenters. The first kappa shape index (κ1) is 15.8. The Morgan fingerprint density at radius 2 is 1.83 bits per heavy atom. The van der Waals surface area contributed by atoms with Gasteiger partial charge in [0.1, 0.15) is 0 Å². The Kier molecular flexibility index (Phi) is 7.02. The van der Waals surface area contributed by atoms with Crippen LogP contribution in [-0.2, 0) is 11.2 Å². The number of hydrogen-bond acceptors (Lipinski definition) is 2. The second kappa shape index (κ2) is 8.00. The van der Waals surface area contributed by atoms with Crippen molar-refractivity contribution in [1.29, 1.82) is 0 Å². The SMILES string of the molecule is CNC(CCC(C)OC)Cc1c(Cl)cccc1Cl. The van der Waals surface area contributed by atoms with Crippen molar-refractivity contribution < 1.29 is 4.74 Å². The molecule has 0 aliphatic rings. The molecule has 1 aromatic carbocycles. The lowest BCUT2D eigenvalue weighted by Gasteiger charge is -2.19. The van der Waals surface area contributed by atoms with Crippen molar-refractivity contribution in [3.8, 4) is 0 Å². The van der Waals surface area contributed by atoms with Gasteiger partial charge in [0.2, 0.25) is 0 Å². The maximum Gasteiger partial charge on any atom is 0.0543 e. The van der Waals surface area contributed by atoms with E-state index in [4.69, 9.17) is 27.9 Å². The van der Waals surface area contributed by atoms with E-state index in [0.717, 1.165) is 34.9 Å². The maximum absolute atomic E-state index is 6.18. The fraction of sp³-hybridized carbons (Fsp3) is 0.571. The Balaban J connectivity index is 2.62. The number of nitrogens with one attached hydrogen (secondary N) is 1. The quantitative estimate of drug-likeness (QED) is 0.821. The molecule has 1 rings (SSSR count). The average molecular weight is 290 g/mol. The summed E-state index contributed by atoms with van der Waals surface area (Å²) < 4.78 is 5.26. The highest BCUT2D eigenvalue weighted by Crippen LogP contribution is 2.26. The first-order chi connectivity index (χ1) is 8.58. The maximum atomic E-state index is 6.18. The summed E-state index contributed by atoms with van der Waals surface area (Å²) in [6.07, 6.45) is 3.17. The first-order valence-corrected chi connectivity index (χ1v) is 6.97. The van der Waals surface area contributed by atoms with Crippen molar-refractivity contribution in [2.45, 2.75) is 38.3 Å². The van der Waals surface area contributed by atoms with Crippen LogP contribution in [0.1, 0.15) is 25.3 Å². The van der Waals surface area contributed by atoms with Gasteiger partial charge in [-0.05, 0) is 50.9 Å². The molecule has 4 heteroatoms. The van der Waals surface area contributed by atoms with Gasteiger partial charge in [-0.15, -0.1) is 0 Å². The monoisotopic (exact) mass is 289 g/mol. The molecule has 2 atom stereocenters. The molecule has 0 aliphatic carbocycles. The fourth-order valence-electron chi connectivity index (χ4n) is 1.88. The number of hydrogen-bond donors (Lipinski definition) is 1. The summed E-state index contributed by atoms with van der Waals surface area (Å²) in [5.41, 5.74) is 1.02. The summed E-state index contributed by atoms with van der Waals surface area (Å²) >= 11 is 12.4. The summed E-state index contributed by atoms with van der Waals surface area (Å²) in [7, 11) is 3.71. The Labute approximate surface area is 120 Å². The minimum Gasteiger partial charge on any atom is -0.382 e. The summed E-state index contributed by atoms with van der Waals surface area (Å²) in [6.45, 7) is 2.08. The highest BCUT2D eigenvalue weighted by Gasteiger charge is 2.13. The lowest BCUT2D eigenvalue weighted by molar-refractivity contribution is 0.106. The number of methoxy groups -OCH3 is 1. The topological polar surface area (TPSA) is 21.3 Å². The third-order valence-corrected chi connectivity index (χ3v) is 3.95. The number of benzene rings is 1. The molecule has 0 saturated heterocycles. The second-order valence-electron chi connectivity index (χ2n) is 4.51. The van der Waals surface area contributed by atoms with Crippen LogP contribution in [0.15, 0.2) is 18.2 Å². The third-order valence-electron chi connectivity index (χ3n) is 3.24. The molecule has 18 heavy (non-hydrogen) atoms. The van der Waals surface area contributed by atoms with Crippen LogP contribution in [0, 0.1) is 0 Å². The van der Waals surface area contributed by atoms with Gasteiger partial charge >= 0.3 is 0 Å². The van der Waals surface area contributed by atoms with Crippen molar-refractivity contribution in [3.05, 3.63) is 33.8 Å². The molecule has 0 heterocycles. The van der Waals surface area contributed by atoms with Crippen LogP contribution in [0.2, 0.25) is 10.0 Å². The molecule has 0 saturated carbocycles. The molecular formula is C14H21Cl2NO. The summed E-state index contributed by atoms with van der Waals surface area (Å²) in [6, 6.07) is 6.00. The van der Waals surface area contributed by atoms with Crippen LogP contribution in [0.25, 0.3) is 0 Å². The highest BCUT2D eigenvalue weighted by atomic mass is 35.5. The van der Waals surface area contributed by atoms with Gasteiger partial charge in [0, 0.05) is 23.2 Å². The average Bonchev–Trinajstić information content (AvgIpc) is 2.37. The smallest absolute Gasteiger partial charge is 0.0543 e. The Bertz CT molecular complexity index is 351. The summed E-state index contributed by atoms with van der Waals surface area (Å²) in [4.78, 5) is 0. The van der Waals surface area contributed by atoms with E-state index < -0.39 is 0 Å². The molecule has 0 aliphatic heterocycles. The molecule has 0 amide bonds. The number of likely N-dealkylation sites (N-methyl/N-ethyl adjacent to an activating group) is 1. The molecule has 102 valence electrons. The van der Waals surface area contributed by atoms with E-state index in [1.807, 2.05) is 25.2 Å². The van der Waals surface area contributed by atoms with Crippen LogP contribution < -0.4 is 5.32 Å². The summed E-state index contributed by atoms with van der Waals surface area (Å²) in [5.74, 6) is 0. The Morgan fingerprint density at radius 1 is 1.22 bits per heavy atom. The third kappa shape index (κ3) is 4.77. The Hall–Kier alpha value is -0.280. The standard InChI is InChI=1S/C14H21Cl2NO/c1-10(18-3)7-8-11(17-2)9-12-13(15)5-4-6-14(12)16/h4-6,10-11,17H,7-9H2,1-3H3. The van der Waals surface area contributed by atoms with Crippen LogP contribution in [-0.4, -0.2) is 26.3 Å². The van der Waals surface area contributed by atoms with E-state index in [0.29, 0.717) is 6.04 Å². The van der Waals surface area contributed by atoms with Crippen molar-refractivity contribution in [1.82, 2.24) is 5.32 Å². The highest BCUT2D eigenvalue weighted by molar-refractivity contribution is 6.35. The van der Waals surface area contributed by atoms with Gasteiger partial charge in [0.25, 0.3) is 0 Å². The number of ether oxygens (including phenoxy) is 1. The zero-order valence-corrected chi connectivity index (χ0v) is 12.7. The van der Waals surface area contributed by atoms with Gasteiger partial charge in [-0.2, -0.15) is 0 Å².